The molecule has 164 valence electrons. The molecule has 1 N–H and O–H groups in total. The third-order valence-corrected chi connectivity index (χ3v) is 5.67. The van der Waals surface area contributed by atoms with Gasteiger partial charge in [-0.25, -0.2) is 4.79 Å². The topological polar surface area (TPSA) is 101 Å². The number of nitrogens with one attached hydrogen (secondary N) is 1. The zero-order chi connectivity index (χ0) is 21.7. The molecule has 3 unspecified atom stereocenters. The Labute approximate surface area is 173 Å². The second kappa shape index (κ2) is 10.3. The predicted molar refractivity (Wildman–Crippen MR) is 107 cm³/mol. The van der Waals surface area contributed by atoms with Crippen LogP contribution in [-0.2, 0) is 25.3 Å². The number of aromatic amines is 1. The number of halogens is 1. The lowest BCUT2D eigenvalue weighted by Crippen LogP contribution is -2.33. The van der Waals surface area contributed by atoms with E-state index < -0.39 is 20.5 Å². The summed E-state index contributed by atoms with van der Waals surface area (Å²) in [4.78, 5) is 28.5. The molecule has 4 rings (SSSR count). The third kappa shape index (κ3) is 5.53. The lowest BCUT2D eigenvalue weighted by atomic mass is 10.1. The first-order valence-electron chi connectivity index (χ1n) is 9.37. The van der Waals surface area contributed by atoms with Crippen molar-refractivity contribution in [3.63, 3.8) is 0 Å². The molecule has 2 aromatic rings. The SMILES string of the molecule is COF.Cc1ccc2c(c1)COP(OCC1CCC(n3cc(C)c(=O)[nH]c3=O)O1)O2. The molecule has 2 aliphatic rings. The zero-order valence-corrected chi connectivity index (χ0v) is 17.8. The van der Waals surface area contributed by atoms with Crippen LogP contribution in [0.3, 0.4) is 0 Å². The summed E-state index contributed by atoms with van der Waals surface area (Å²) in [6, 6.07) is 5.96. The fraction of sp³-hybridized carbons (Fsp3) is 0.474. The van der Waals surface area contributed by atoms with Gasteiger partial charge in [-0.1, -0.05) is 17.7 Å². The summed E-state index contributed by atoms with van der Waals surface area (Å²) in [5.41, 5.74) is 1.80. The number of rotatable bonds is 4. The molecule has 0 bridgehead atoms. The van der Waals surface area contributed by atoms with Gasteiger partial charge < -0.3 is 9.26 Å². The quantitative estimate of drug-likeness (QED) is 0.726. The average Bonchev–Trinajstić information content (AvgIpc) is 3.18. The van der Waals surface area contributed by atoms with Gasteiger partial charge in [-0.2, -0.15) is 4.94 Å². The minimum atomic E-state index is -1.46. The Morgan fingerprint density at radius 1 is 1.30 bits per heavy atom. The lowest BCUT2D eigenvalue weighted by molar-refractivity contribution is -0.0960. The Hall–Kier alpha value is -2.10. The van der Waals surface area contributed by atoms with Crippen molar-refractivity contribution < 1.29 is 27.8 Å². The molecule has 3 heterocycles. The largest absolute Gasteiger partial charge is 0.426 e. The first kappa shape index (κ1) is 22.6. The molecule has 0 spiro atoms. The highest BCUT2D eigenvalue weighted by atomic mass is 31.2. The van der Waals surface area contributed by atoms with Crippen molar-refractivity contribution in [3.8, 4) is 5.75 Å². The maximum Gasteiger partial charge on any atom is 0.397 e. The highest BCUT2D eigenvalue weighted by molar-refractivity contribution is 7.42. The van der Waals surface area contributed by atoms with E-state index in [0.29, 0.717) is 25.2 Å². The van der Waals surface area contributed by atoms with Crippen LogP contribution in [0.4, 0.5) is 4.53 Å². The summed E-state index contributed by atoms with van der Waals surface area (Å²) < 4.78 is 34.3. The molecule has 2 aliphatic heterocycles. The summed E-state index contributed by atoms with van der Waals surface area (Å²) >= 11 is 0. The van der Waals surface area contributed by atoms with E-state index >= 15 is 0 Å². The Morgan fingerprint density at radius 2 is 2.07 bits per heavy atom. The summed E-state index contributed by atoms with van der Waals surface area (Å²) in [7, 11) is -0.506. The molecule has 11 heteroatoms. The van der Waals surface area contributed by atoms with E-state index in [-0.39, 0.29) is 11.7 Å². The minimum Gasteiger partial charge on any atom is -0.426 e. The van der Waals surface area contributed by atoms with Gasteiger partial charge in [0.15, 0.2) is 0 Å². The molecule has 1 aromatic heterocycles. The van der Waals surface area contributed by atoms with Gasteiger partial charge in [0.05, 0.1) is 26.4 Å². The van der Waals surface area contributed by atoms with Gasteiger partial charge >= 0.3 is 14.3 Å². The van der Waals surface area contributed by atoms with Gasteiger partial charge in [-0.05, 0) is 37.3 Å². The standard InChI is InChI=1S/C18H21N2O6P.CH3FO/c1-11-3-5-15-13(7-11)9-23-27(26-15)24-10-14-4-6-16(25-14)20-8-12(2)17(21)19-18(20)22;1-3-2/h3,5,7-8,14,16H,4,6,9-10H2,1-2H3,(H,19,21,22);1H3. The molecule has 1 aromatic carbocycles. The maximum atomic E-state index is 12.0. The molecule has 3 atom stereocenters. The number of hydrogen-bond donors (Lipinski definition) is 1. The molecule has 1 fully saturated rings. The summed E-state index contributed by atoms with van der Waals surface area (Å²) in [6.07, 6.45) is 2.37. The van der Waals surface area contributed by atoms with E-state index in [9.17, 15) is 14.1 Å². The molecule has 9 nitrogen and oxygen atoms in total. The molecule has 0 amide bonds. The predicted octanol–water partition coefficient (Wildman–Crippen LogP) is 3.20. The van der Waals surface area contributed by atoms with E-state index in [1.807, 2.05) is 25.1 Å². The van der Waals surface area contributed by atoms with Crippen molar-refractivity contribution in [2.75, 3.05) is 13.7 Å². The lowest BCUT2D eigenvalue weighted by Gasteiger charge is -2.25. The fourth-order valence-electron chi connectivity index (χ4n) is 3.16. The van der Waals surface area contributed by atoms with Crippen LogP contribution < -0.4 is 15.8 Å². The number of aryl methyl sites for hydroxylation is 2. The van der Waals surface area contributed by atoms with Crippen LogP contribution in [-0.4, -0.2) is 29.4 Å². The monoisotopic (exact) mass is 442 g/mol. The van der Waals surface area contributed by atoms with Gasteiger partial charge in [0.2, 0.25) is 0 Å². The second-order valence-corrected chi connectivity index (χ2v) is 8.06. The van der Waals surface area contributed by atoms with Gasteiger partial charge in [-0.3, -0.25) is 23.4 Å². The van der Waals surface area contributed by atoms with Gasteiger partial charge in [-0.15, -0.1) is 0 Å². The molecule has 30 heavy (non-hydrogen) atoms. The first-order chi connectivity index (χ1) is 14.4. The number of benzene rings is 1. The maximum absolute atomic E-state index is 12.0. The van der Waals surface area contributed by atoms with Crippen molar-refractivity contribution >= 4 is 8.60 Å². The fourth-order valence-corrected chi connectivity index (χ4v) is 4.21. The highest BCUT2D eigenvalue weighted by Gasteiger charge is 2.30. The number of nitrogens with zero attached hydrogens (tertiary/aromatic N) is 1. The first-order valence-corrected chi connectivity index (χ1v) is 10.5. The van der Waals surface area contributed by atoms with Crippen LogP contribution in [0.15, 0.2) is 34.0 Å². The Kier molecular flexibility index (Phi) is 7.74. The van der Waals surface area contributed by atoms with Crippen LogP contribution in [0.25, 0.3) is 0 Å². The zero-order valence-electron chi connectivity index (χ0n) is 16.9. The van der Waals surface area contributed by atoms with Crippen LogP contribution in [0.5, 0.6) is 5.75 Å². The van der Waals surface area contributed by atoms with E-state index in [1.54, 1.807) is 6.92 Å². The van der Waals surface area contributed by atoms with Gasteiger partial charge in [0, 0.05) is 17.3 Å². The second-order valence-electron chi connectivity index (χ2n) is 6.92. The van der Waals surface area contributed by atoms with Crippen molar-refractivity contribution in [2.45, 2.75) is 45.6 Å². The van der Waals surface area contributed by atoms with E-state index in [4.69, 9.17) is 18.3 Å². The van der Waals surface area contributed by atoms with Gasteiger partial charge in [0.25, 0.3) is 5.56 Å². The van der Waals surface area contributed by atoms with Gasteiger partial charge in [0.1, 0.15) is 12.0 Å². The average molecular weight is 442 g/mol. The summed E-state index contributed by atoms with van der Waals surface area (Å²) in [6.45, 7) is 4.46. The molecule has 0 saturated carbocycles. The smallest absolute Gasteiger partial charge is 0.397 e. The summed E-state index contributed by atoms with van der Waals surface area (Å²) in [5.74, 6) is 0.790. The number of ether oxygens (including phenoxy) is 1. The molecule has 1 saturated heterocycles. The molecular weight excluding hydrogens is 418 g/mol. The number of H-pyrrole nitrogens is 1. The summed E-state index contributed by atoms with van der Waals surface area (Å²) in [5, 5.41) is 0. The molecular formula is C19H24FN2O7P. The molecule has 0 aliphatic carbocycles. The van der Waals surface area contributed by atoms with Crippen molar-refractivity contribution in [3.05, 3.63) is 61.9 Å². The number of hydrogen-bond acceptors (Lipinski definition) is 7. The Bertz CT molecular complexity index is 980. The van der Waals surface area contributed by atoms with Crippen molar-refractivity contribution in [1.82, 2.24) is 9.55 Å². The van der Waals surface area contributed by atoms with E-state index in [2.05, 4.69) is 9.93 Å². The third-order valence-electron chi connectivity index (χ3n) is 4.62. The van der Waals surface area contributed by atoms with E-state index in [0.717, 1.165) is 30.4 Å². The Morgan fingerprint density at radius 3 is 2.83 bits per heavy atom. The minimum absolute atomic E-state index is 0.164. The van der Waals surface area contributed by atoms with Crippen molar-refractivity contribution in [2.24, 2.45) is 0 Å². The normalized spacial score (nSPS) is 22.6. The molecule has 0 radical (unpaired) electrons. The van der Waals surface area contributed by atoms with Crippen LogP contribution in [0.1, 0.15) is 35.8 Å². The van der Waals surface area contributed by atoms with E-state index in [1.165, 1.54) is 10.8 Å². The van der Waals surface area contributed by atoms with Crippen LogP contribution >= 0.6 is 8.60 Å². The van der Waals surface area contributed by atoms with Crippen LogP contribution in [0.2, 0.25) is 0 Å². The highest BCUT2D eigenvalue weighted by Crippen LogP contribution is 2.47. The number of fused-ring (bicyclic) bond motifs is 1. The Balaban J connectivity index is 0.000000806. The number of aromatic nitrogens is 2. The van der Waals surface area contributed by atoms with Crippen molar-refractivity contribution in [1.29, 1.82) is 0 Å². The van der Waals surface area contributed by atoms with Crippen LogP contribution in [0, 0.1) is 13.8 Å².